The van der Waals surface area contributed by atoms with E-state index >= 15 is 0 Å². The first kappa shape index (κ1) is 21.2. The van der Waals surface area contributed by atoms with E-state index in [9.17, 15) is 0 Å². The number of nitrogens with two attached hydrogens (primary N) is 1. The molecule has 0 saturated heterocycles. The van der Waals surface area contributed by atoms with Crippen LogP contribution in [0.5, 0.6) is 0 Å². The van der Waals surface area contributed by atoms with Gasteiger partial charge in [-0.2, -0.15) is 0 Å². The molecule has 3 unspecified atom stereocenters. The van der Waals surface area contributed by atoms with Crippen LogP contribution in [-0.4, -0.2) is 6.54 Å². The summed E-state index contributed by atoms with van der Waals surface area (Å²) in [5.41, 5.74) is 9.00. The highest BCUT2D eigenvalue weighted by molar-refractivity contribution is 5.25. The second-order valence-corrected chi connectivity index (χ2v) is 7.62. The molecule has 0 spiro atoms. The van der Waals surface area contributed by atoms with E-state index in [-0.39, 0.29) is 0 Å². The lowest BCUT2D eigenvalue weighted by atomic mass is 9.77. The molecule has 0 saturated carbocycles. The molecular weight excluding hydrogens is 290 g/mol. The summed E-state index contributed by atoms with van der Waals surface area (Å²) >= 11 is 0. The maximum atomic E-state index is 5.83. The largest absolute Gasteiger partial charge is 0.327 e. The van der Waals surface area contributed by atoms with Crippen molar-refractivity contribution in [1.29, 1.82) is 0 Å². The number of hydrogen-bond acceptors (Lipinski definition) is 1. The van der Waals surface area contributed by atoms with E-state index < -0.39 is 0 Å². The van der Waals surface area contributed by atoms with Gasteiger partial charge in [-0.15, -0.1) is 0 Å². The first-order chi connectivity index (χ1) is 11.7. The maximum Gasteiger partial charge on any atom is 0.0109 e. The topological polar surface area (TPSA) is 26.0 Å². The van der Waals surface area contributed by atoms with Gasteiger partial charge in [0.1, 0.15) is 0 Å². The van der Waals surface area contributed by atoms with Gasteiger partial charge in [-0.25, -0.2) is 0 Å². The Morgan fingerprint density at radius 3 is 2.58 bits per heavy atom. The van der Waals surface area contributed by atoms with Crippen molar-refractivity contribution >= 4 is 0 Å². The SMILES string of the molecule is CCCCC1C=CC(CC(C)C(CCC)/C(=C\CN)CCC)=CC1. The van der Waals surface area contributed by atoms with Gasteiger partial charge in [0.25, 0.3) is 0 Å². The lowest BCUT2D eigenvalue weighted by Crippen LogP contribution is -2.17. The molecule has 24 heavy (non-hydrogen) atoms. The van der Waals surface area contributed by atoms with Crippen molar-refractivity contribution < 1.29 is 0 Å². The van der Waals surface area contributed by atoms with Crippen molar-refractivity contribution in [2.24, 2.45) is 23.5 Å². The summed E-state index contributed by atoms with van der Waals surface area (Å²) in [5.74, 6) is 2.19. The Balaban J connectivity index is 2.65. The van der Waals surface area contributed by atoms with Gasteiger partial charge < -0.3 is 5.73 Å². The molecular formula is C23H41N. The standard InChI is InChI=1S/C23H41N/c1-5-8-11-20-12-14-21(15-13-20)18-19(4)23(10-7-3)22(9-6-2)16-17-24/h12,14-16,19-20,23H,5-11,13,17-18,24H2,1-4H3/b22-16-. The first-order valence-electron chi connectivity index (χ1n) is 10.4. The summed E-state index contributed by atoms with van der Waals surface area (Å²) in [6.07, 6.45) is 21.2. The van der Waals surface area contributed by atoms with Crippen molar-refractivity contribution in [3.63, 3.8) is 0 Å². The quantitative estimate of drug-likeness (QED) is 0.391. The molecule has 0 aromatic rings. The molecule has 1 aliphatic carbocycles. The van der Waals surface area contributed by atoms with E-state index in [2.05, 4.69) is 52.0 Å². The summed E-state index contributed by atoms with van der Waals surface area (Å²) in [6.45, 7) is 10.00. The van der Waals surface area contributed by atoms with E-state index in [4.69, 9.17) is 5.73 Å². The Kier molecular flexibility index (Phi) is 11.1. The minimum Gasteiger partial charge on any atom is -0.327 e. The Morgan fingerprint density at radius 1 is 1.25 bits per heavy atom. The molecule has 3 atom stereocenters. The highest BCUT2D eigenvalue weighted by Gasteiger charge is 2.21. The summed E-state index contributed by atoms with van der Waals surface area (Å²) in [7, 11) is 0. The molecule has 1 heteroatoms. The van der Waals surface area contributed by atoms with Crippen molar-refractivity contribution in [3.05, 3.63) is 35.5 Å². The van der Waals surface area contributed by atoms with Crippen LogP contribution in [-0.2, 0) is 0 Å². The van der Waals surface area contributed by atoms with Gasteiger partial charge in [-0.05, 0) is 49.9 Å². The van der Waals surface area contributed by atoms with Crippen molar-refractivity contribution in [3.8, 4) is 0 Å². The molecule has 2 N–H and O–H groups in total. The molecule has 0 bridgehead atoms. The van der Waals surface area contributed by atoms with Crippen LogP contribution in [0.4, 0.5) is 0 Å². The molecule has 0 heterocycles. The lowest BCUT2D eigenvalue weighted by Gasteiger charge is -2.28. The van der Waals surface area contributed by atoms with Gasteiger partial charge in [-0.1, -0.05) is 88.8 Å². The zero-order chi connectivity index (χ0) is 17.8. The van der Waals surface area contributed by atoms with Crippen LogP contribution in [0, 0.1) is 17.8 Å². The van der Waals surface area contributed by atoms with Gasteiger partial charge in [-0.3, -0.25) is 0 Å². The van der Waals surface area contributed by atoms with Crippen molar-refractivity contribution in [1.82, 2.24) is 0 Å². The smallest absolute Gasteiger partial charge is 0.0109 e. The molecule has 1 aliphatic rings. The minimum atomic E-state index is 0.684. The first-order valence-corrected chi connectivity index (χ1v) is 10.4. The highest BCUT2D eigenvalue weighted by atomic mass is 14.5. The van der Waals surface area contributed by atoms with Crippen molar-refractivity contribution in [2.45, 2.75) is 85.5 Å². The highest BCUT2D eigenvalue weighted by Crippen LogP contribution is 2.34. The van der Waals surface area contributed by atoms with Crippen molar-refractivity contribution in [2.75, 3.05) is 6.54 Å². The molecule has 0 aromatic carbocycles. The van der Waals surface area contributed by atoms with Gasteiger partial charge in [0, 0.05) is 6.54 Å². The summed E-state index contributed by atoms with van der Waals surface area (Å²) < 4.78 is 0. The van der Waals surface area contributed by atoms with Crippen LogP contribution in [0.25, 0.3) is 0 Å². The van der Waals surface area contributed by atoms with E-state index in [1.165, 1.54) is 57.8 Å². The van der Waals surface area contributed by atoms with E-state index in [1.54, 1.807) is 11.1 Å². The summed E-state index contributed by atoms with van der Waals surface area (Å²) in [5, 5.41) is 0. The molecule has 1 rings (SSSR count). The third-order valence-corrected chi connectivity index (χ3v) is 5.43. The van der Waals surface area contributed by atoms with Gasteiger partial charge in [0.15, 0.2) is 0 Å². The molecule has 0 aromatic heterocycles. The summed E-state index contributed by atoms with van der Waals surface area (Å²) in [4.78, 5) is 0. The number of allylic oxidation sites excluding steroid dienone is 5. The Hall–Kier alpha value is -0.820. The number of hydrogen-bond donors (Lipinski definition) is 1. The van der Waals surface area contributed by atoms with Gasteiger partial charge >= 0.3 is 0 Å². The molecule has 0 amide bonds. The third-order valence-electron chi connectivity index (χ3n) is 5.43. The zero-order valence-electron chi connectivity index (χ0n) is 16.7. The molecule has 0 aliphatic heterocycles. The Bertz CT molecular complexity index is 416. The fraction of sp³-hybridized carbons (Fsp3) is 0.739. The molecule has 138 valence electrons. The average Bonchev–Trinajstić information content (AvgIpc) is 2.59. The van der Waals surface area contributed by atoms with Crippen LogP contribution >= 0.6 is 0 Å². The molecule has 1 nitrogen and oxygen atoms in total. The predicted octanol–water partition coefficient (Wildman–Crippen LogP) is 6.81. The lowest BCUT2D eigenvalue weighted by molar-refractivity contribution is 0.370. The Labute approximate surface area is 151 Å². The predicted molar refractivity (Wildman–Crippen MR) is 109 cm³/mol. The normalized spacial score (nSPS) is 20.8. The third kappa shape index (κ3) is 7.38. The second-order valence-electron chi connectivity index (χ2n) is 7.62. The van der Waals surface area contributed by atoms with Gasteiger partial charge in [0.05, 0.1) is 0 Å². The number of unbranched alkanes of at least 4 members (excludes halogenated alkanes) is 1. The fourth-order valence-electron chi connectivity index (χ4n) is 4.08. The number of rotatable bonds is 12. The van der Waals surface area contributed by atoms with Crippen LogP contribution in [0.3, 0.4) is 0 Å². The second kappa shape index (κ2) is 12.5. The Morgan fingerprint density at radius 2 is 2.04 bits per heavy atom. The summed E-state index contributed by atoms with van der Waals surface area (Å²) in [6, 6.07) is 0. The van der Waals surface area contributed by atoms with Gasteiger partial charge in [0.2, 0.25) is 0 Å². The van der Waals surface area contributed by atoms with E-state index in [0.717, 1.165) is 5.92 Å². The maximum absolute atomic E-state index is 5.83. The molecule has 0 fully saturated rings. The monoisotopic (exact) mass is 331 g/mol. The fourth-order valence-corrected chi connectivity index (χ4v) is 4.08. The minimum absolute atomic E-state index is 0.684. The van der Waals surface area contributed by atoms with Crippen LogP contribution in [0.2, 0.25) is 0 Å². The zero-order valence-corrected chi connectivity index (χ0v) is 16.7. The van der Waals surface area contributed by atoms with E-state index in [1.807, 2.05) is 0 Å². The van der Waals surface area contributed by atoms with Crippen LogP contribution in [0.1, 0.15) is 85.5 Å². The molecule has 0 radical (unpaired) electrons. The van der Waals surface area contributed by atoms with Crippen LogP contribution in [0.15, 0.2) is 35.5 Å². The van der Waals surface area contributed by atoms with Crippen LogP contribution < -0.4 is 5.73 Å². The average molecular weight is 332 g/mol. The van der Waals surface area contributed by atoms with E-state index in [0.29, 0.717) is 18.4 Å².